The first-order chi connectivity index (χ1) is 9.65. The second-order valence-electron chi connectivity index (χ2n) is 5.41. The van der Waals surface area contributed by atoms with Crippen LogP contribution in [-0.2, 0) is 6.42 Å². The summed E-state index contributed by atoms with van der Waals surface area (Å²) in [6.45, 7) is 4.06. The van der Waals surface area contributed by atoms with Crippen LogP contribution in [0.4, 0.5) is 0 Å². The first-order valence-corrected chi connectivity index (χ1v) is 6.91. The molecule has 0 aromatic heterocycles. The number of aryl methyl sites for hydroxylation is 2. The predicted octanol–water partition coefficient (Wildman–Crippen LogP) is 4.75. The molecule has 0 aliphatic heterocycles. The Morgan fingerprint density at radius 2 is 1.50 bits per heavy atom. The lowest BCUT2D eigenvalue weighted by Crippen LogP contribution is -1.92. The van der Waals surface area contributed by atoms with Gasteiger partial charge >= 0.3 is 0 Å². The van der Waals surface area contributed by atoms with E-state index in [0.717, 1.165) is 22.8 Å². The first kappa shape index (κ1) is 12.7. The van der Waals surface area contributed by atoms with Gasteiger partial charge in [-0.25, -0.2) is 0 Å². The average Bonchev–Trinajstić information content (AvgIpc) is 2.47. The SMILES string of the molecule is Cc1ccc(Cc2cc(C)c(O)c3ccccc23)cc1. The number of fused-ring (bicyclic) bond motifs is 1. The maximum absolute atomic E-state index is 10.2. The molecule has 0 unspecified atom stereocenters. The Labute approximate surface area is 119 Å². The van der Waals surface area contributed by atoms with Crippen LogP contribution in [0.25, 0.3) is 10.8 Å². The fraction of sp³-hybridized carbons (Fsp3) is 0.158. The Bertz CT molecular complexity index is 755. The molecule has 0 spiro atoms. The van der Waals surface area contributed by atoms with Crippen molar-refractivity contribution in [2.45, 2.75) is 20.3 Å². The Kier molecular flexibility index (Phi) is 3.19. The molecule has 0 bridgehead atoms. The molecule has 3 aromatic rings. The summed E-state index contributed by atoms with van der Waals surface area (Å²) in [4.78, 5) is 0. The van der Waals surface area contributed by atoms with Crippen LogP contribution in [0, 0.1) is 13.8 Å². The summed E-state index contributed by atoms with van der Waals surface area (Å²) < 4.78 is 0. The van der Waals surface area contributed by atoms with Gasteiger partial charge in [0.05, 0.1) is 0 Å². The van der Waals surface area contributed by atoms with Crippen LogP contribution in [0.1, 0.15) is 22.3 Å². The van der Waals surface area contributed by atoms with E-state index in [2.05, 4.69) is 43.3 Å². The number of hydrogen-bond donors (Lipinski definition) is 1. The number of phenolic OH excluding ortho intramolecular Hbond substituents is 1. The Morgan fingerprint density at radius 1 is 0.850 bits per heavy atom. The molecule has 0 radical (unpaired) electrons. The van der Waals surface area contributed by atoms with Crippen molar-refractivity contribution < 1.29 is 5.11 Å². The van der Waals surface area contributed by atoms with E-state index in [9.17, 15) is 5.11 Å². The van der Waals surface area contributed by atoms with Crippen molar-refractivity contribution in [3.8, 4) is 5.75 Å². The predicted molar refractivity (Wildman–Crippen MR) is 84.3 cm³/mol. The molecule has 0 atom stereocenters. The van der Waals surface area contributed by atoms with E-state index >= 15 is 0 Å². The van der Waals surface area contributed by atoms with Gasteiger partial charge in [-0.3, -0.25) is 0 Å². The lowest BCUT2D eigenvalue weighted by molar-refractivity contribution is 0.477. The fourth-order valence-electron chi connectivity index (χ4n) is 2.66. The molecule has 0 saturated heterocycles. The van der Waals surface area contributed by atoms with Crippen LogP contribution in [0.5, 0.6) is 5.75 Å². The van der Waals surface area contributed by atoms with Crippen LogP contribution >= 0.6 is 0 Å². The largest absolute Gasteiger partial charge is 0.507 e. The van der Waals surface area contributed by atoms with Gasteiger partial charge in [0.25, 0.3) is 0 Å². The van der Waals surface area contributed by atoms with E-state index in [-0.39, 0.29) is 0 Å². The highest BCUT2D eigenvalue weighted by molar-refractivity contribution is 5.92. The molecule has 0 saturated carbocycles. The maximum atomic E-state index is 10.2. The number of benzene rings is 3. The molecule has 3 aromatic carbocycles. The van der Waals surface area contributed by atoms with Gasteiger partial charge in [0, 0.05) is 5.39 Å². The zero-order chi connectivity index (χ0) is 14.1. The molecule has 1 nitrogen and oxygen atoms in total. The van der Waals surface area contributed by atoms with Gasteiger partial charge in [-0.2, -0.15) is 0 Å². The summed E-state index contributed by atoms with van der Waals surface area (Å²) in [5.41, 5.74) is 4.77. The molecular formula is C19H18O. The first-order valence-electron chi connectivity index (χ1n) is 6.91. The monoisotopic (exact) mass is 262 g/mol. The molecule has 1 heteroatoms. The van der Waals surface area contributed by atoms with Crippen molar-refractivity contribution in [2.75, 3.05) is 0 Å². The van der Waals surface area contributed by atoms with Crippen LogP contribution < -0.4 is 0 Å². The molecular weight excluding hydrogens is 244 g/mol. The van der Waals surface area contributed by atoms with Crippen LogP contribution in [0.3, 0.4) is 0 Å². The van der Waals surface area contributed by atoms with Gasteiger partial charge in [-0.1, -0.05) is 60.2 Å². The lowest BCUT2D eigenvalue weighted by Gasteiger charge is -2.11. The summed E-state index contributed by atoms with van der Waals surface area (Å²) in [6, 6.07) is 18.8. The highest BCUT2D eigenvalue weighted by atomic mass is 16.3. The Balaban J connectivity index is 2.11. The van der Waals surface area contributed by atoms with Crippen LogP contribution in [-0.4, -0.2) is 5.11 Å². The van der Waals surface area contributed by atoms with Crippen molar-refractivity contribution >= 4 is 10.8 Å². The standard InChI is InChI=1S/C19H18O/c1-13-7-9-15(10-8-13)12-16-11-14(2)19(20)18-6-4-3-5-17(16)18/h3-11,20H,12H2,1-2H3. The number of rotatable bonds is 2. The molecule has 3 rings (SSSR count). The summed E-state index contributed by atoms with van der Waals surface area (Å²) in [5.74, 6) is 0.397. The van der Waals surface area contributed by atoms with E-state index in [0.29, 0.717) is 5.75 Å². The molecule has 0 amide bonds. The smallest absolute Gasteiger partial charge is 0.126 e. The zero-order valence-electron chi connectivity index (χ0n) is 11.9. The molecule has 20 heavy (non-hydrogen) atoms. The van der Waals surface area contributed by atoms with Crippen molar-refractivity contribution in [1.29, 1.82) is 0 Å². The Morgan fingerprint density at radius 3 is 2.20 bits per heavy atom. The van der Waals surface area contributed by atoms with E-state index in [1.165, 1.54) is 16.7 Å². The number of phenols is 1. The highest BCUT2D eigenvalue weighted by Crippen LogP contribution is 2.32. The normalized spacial score (nSPS) is 10.9. The third-order valence-electron chi connectivity index (χ3n) is 3.81. The third kappa shape index (κ3) is 2.27. The van der Waals surface area contributed by atoms with Crippen LogP contribution in [0.15, 0.2) is 54.6 Å². The summed E-state index contributed by atoms with van der Waals surface area (Å²) in [5, 5.41) is 12.3. The van der Waals surface area contributed by atoms with Crippen molar-refractivity contribution in [3.63, 3.8) is 0 Å². The minimum Gasteiger partial charge on any atom is -0.507 e. The van der Waals surface area contributed by atoms with E-state index in [4.69, 9.17) is 0 Å². The summed E-state index contributed by atoms with van der Waals surface area (Å²) in [6.07, 6.45) is 0.891. The summed E-state index contributed by atoms with van der Waals surface area (Å²) >= 11 is 0. The van der Waals surface area contributed by atoms with Gasteiger partial charge < -0.3 is 5.11 Å². The maximum Gasteiger partial charge on any atom is 0.126 e. The molecule has 0 fully saturated rings. The lowest BCUT2D eigenvalue weighted by atomic mass is 9.95. The zero-order valence-corrected chi connectivity index (χ0v) is 11.9. The second-order valence-corrected chi connectivity index (χ2v) is 5.41. The average molecular weight is 262 g/mol. The van der Waals surface area contributed by atoms with E-state index in [1.807, 2.05) is 25.1 Å². The molecule has 0 aliphatic rings. The topological polar surface area (TPSA) is 20.2 Å². The van der Waals surface area contributed by atoms with Gasteiger partial charge in [0.15, 0.2) is 0 Å². The van der Waals surface area contributed by atoms with E-state index < -0.39 is 0 Å². The molecule has 0 aliphatic carbocycles. The minimum absolute atomic E-state index is 0.397. The second kappa shape index (κ2) is 5.01. The van der Waals surface area contributed by atoms with Crippen molar-refractivity contribution in [1.82, 2.24) is 0 Å². The number of hydrogen-bond acceptors (Lipinski definition) is 1. The Hall–Kier alpha value is -2.28. The van der Waals surface area contributed by atoms with Gasteiger partial charge in [-0.15, -0.1) is 0 Å². The van der Waals surface area contributed by atoms with Gasteiger partial charge in [0.1, 0.15) is 5.75 Å². The highest BCUT2D eigenvalue weighted by Gasteiger charge is 2.08. The third-order valence-corrected chi connectivity index (χ3v) is 3.81. The summed E-state index contributed by atoms with van der Waals surface area (Å²) in [7, 11) is 0. The van der Waals surface area contributed by atoms with Gasteiger partial charge in [-0.05, 0) is 42.3 Å². The van der Waals surface area contributed by atoms with Crippen molar-refractivity contribution in [3.05, 3.63) is 76.9 Å². The van der Waals surface area contributed by atoms with E-state index in [1.54, 1.807) is 0 Å². The molecule has 1 N–H and O–H groups in total. The molecule has 100 valence electrons. The minimum atomic E-state index is 0.397. The molecule has 0 heterocycles. The quantitative estimate of drug-likeness (QED) is 0.706. The van der Waals surface area contributed by atoms with Crippen molar-refractivity contribution in [2.24, 2.45) is 0 Å². The van der Waals surface area contributed by atoms with Crippen LogP contribution in [0.2, 0.25) is 0 Å². The number of aromatic hydroxyl groups is 1. The fourth-order valence-corrected chi connectivity index (χ4v) is 2.66. The van der Waals surface area contributed by atoms with Gasteiger partial charge in [0.2, 0.25) is 0 Å².